The summed E-state index contributed by atoms with van der Waals surface area (Å²) < 4.78 is 0. The van der Waals surface area contributed by atoms with Gasteiger partial charge in [-0.05, 0) is 19.8 Å². The van der Waals surface area contributed by atoms with E-state index in [1.807, 2.05) is 13.8 Å². The van der Waals surface area contributed by atoms with E-state index in [1.54, 1.807) is 6.92 Å². The number of carbonyl (C=O) groups excluding carboxylic acids is 1. The summed E-state index contributed by atoms with van der Waals surface area (Å²) in [5, 5.41) is 9.45. The SMILES string of the molecule is CC1(C)CCC(C)(O)C1=O. The summed E-state index contributed by atoms with van der Waals surface area (Å²) in [5.74, 6) is -0.0139. The Kier molecular flexibility index (Phi) is 1.40. The molecule has 0 aliphatic heterocycles. The fourth-order valence-electron chi connectivity index (χ4n) is 1.51. The highest BCUT2D eigenvalue weighted by molar-refractivity contribution is 5.93. The maximum atomic E-state index is 11.3. The van der Waals surface area contributed by atoms with Gasteiger partial charge in [0.25, 0.3) is 0 Å². The molecule has 10 heavy (non-hydrogen) atoms. The Labute approximate surface area is 61.2 Å². The quantitative estimate of drug-likeness (QED) is 0.550. The van der Waals surface area contributed by atoms with E-state index in [1.165, 1.54) is 0 Å². The molecule has 0 heterocycles. The second-order valence-corrected chi connectivity index (χ2v) is 3.99. The molecule has 1 aliphatic carbocycles. The van der Waals surface area contributed by atoms with Gasteiger partial charge < -0.3 is 5.11 Å². The van der Waals surface area contributed by atoms with Crippen molar-refractivity contribution in [2.45, 2.75) is 39.2 Å². The molecule has 58 valence electrons. The van der Waals surface area contributed by atoms with Gasteiger partial charge in [-0.1, -0.05) is 13.8 Å². The van der Waals surface area contributed by atoms with Crippen molar-refractivity contribution in [1.82, 2.24) is 0 Å². The van der Waals surface area contributed by atoms with Crippen LogP contribution in [-0.4, -0.2) is 16.5 Å². The molecule has 1 atom stereocenters. The van der Waals surface area contributed by atoms with Gasteiger partial charge in [0, 0.05) is 5.41 Å². The zero-order valence-electron chi connectivity index (χ0n) is 6.77. The van der Waals surface area contributed by atoms with E-state index in [0.717, 1.165) is 6.42 Å². The highest BCUT2D eigenvalue weighted by Gasteiger charge is 2.47. The minimum atomic E-state index is -1.05. The third kappa shape index (κ3) is 0.966. The molecular weight excluding hydrogens is 128 g/mol. The van der Waals surface area contributed by atoms with Gasteiger partial charge in [-0.25, -0.2) is 0 Å². The fraction of sp³-hybridized carbons (Fsp3) is 0.875. The lowest BCUT2D eigenvalue weighted by atomic mass is 9.88. The Morgan fingerprint density at radius 1 is 1.30 bits per heavy atom. The number of Topliss-reactive ketones (excluding diaryl/α,β-unsaturated/α-hetero) is 1. The minimum Gasteiger partial charge on any atom is -0.382 e. The summed E-state index contributed by atoms with van der Waals surface area (Å²) in [7, 11) is 0. The van der Waals surface area contributed by atoms with Crippen molar-refractivity contribution in [2.24, 2.45) is 5.41 Å². The zero-order chi connectivity index (χ0) is 7.99. The van der Waals surface area contributed by atoms with Crippen LogP contribution in [0.5, 0.6) is 0 Å². The predicted molar refractivity (Wildman–Crippen MR) is 38.6 cm³/mol. The monoisotopic (exact) mass is 142 g/mol. The van der Waals surface area contributed by atoms with E-state index >= 15 is 0 Å². The van der Waals surface area contributed by atoms with Crippen LogP contribution >= 0.6 is 0 Å². The Morgan fingerprint density at radius 3 is 1.90 bits per heavy atom. The van der Waals surface area contributed by atoms with Gasteiger partial charge in [0.1, 0.15) is 5.60 Å². The Hall–Kier alpha value is -0.370. The standard InChI is InChI=1S/C8H14O2/c1-7(2)4-5-8(3,10)6(7)9/h10H,4-5H2,1-3H3. The molecule has 0 radical (unpaired) electrons. The Morgan fingerprint density at radius 2 is 1.80 bits per heavy atom. The molecule has 1 rings (SSSR count). The third-order valence-electron chi connectivity index (χ3n) is 2.34. The van der Waals surface area contributed by atoms with E-state index in [0.29, 0.717) is 6.42 Å². The second-order valence-electron chi connectivity index (χ2n) is 3.99. The van der Waals surface area contributed by atoms with Crippen LogP contribution in [0, 0.1) is 5.41 Å². The van der Waals surface area contributed by atoms with Crippen molar-refractivity contribution in [2.75, 3.05) is 0 Å². The Bertz CT molecular complexity index is 150. The molecule has 0 spiro atoms. The lowest BCUT2D eigenvalue weighted by Crippen LogP contribution is -2.35. The van der Waals surface area contributed by atoms with Gasteiger partial charge in [0.2, 0.25) is 0 Å². The van der Waals surface area contributed by atoms with Gasteiger partial charge in [0.15, 0.2) is 5.78 Å². The minimum absolute atomic E-state index is 0.0139. The summed E-state index contributed by atoms with van der Waals surface area (Å²) in [6, 6.07) is 0. The molecule has 0 aromatic heterocycles. The topological polar surface area (TPSA) is 37.3 Å². The van der Waals surface area contributed by atoms with Gasteiger partial charge in [0.05, 0.1) is 0 Å². The molecule has 1 unspecified atom stereocenters. The summed E-state index contributed by atoms with van der Waals surface area (Å²) in [4.78, 5) is 11.3. The van der Waals surface area contributed by atoms with Crippen LogP contribution in [0.1, 0.15) is 33.6 Å². The molecule has 0 aromatic carbocycles. The summed E-state index contributed by atoms with van der Waals surface area (Å²) in [6.45, 7) is 5.37. The highest BCUT2D eigenvalue weighted by Crippen LogP contribution is 2.39. The largest absolute Gasteiger partial charge is 0.382 e. The van der Waals surface area contributed by atoms with E-state index in [9.17, 15) is 9.90 Å². The molecule has 0 aromatic rings. The van der Waals surface area contributed by atoms with Crippen molar-refractivity contribution in [1.29, 1.82) is 0 Å². The maximum Gasteiger partial charge on any atom is 0.169 e. The van der Waals surface area contributed by atoms with Crippen molar-refractivity contribution in [3.8, 4) is 0 Å². The zero-order valence-corrected chi connectivity index (χ0v) is 6.77. The van der Waals surface area contributed by atoms with Gasteiger partial charge >= 0.3 is 0 Å². The van der Waals surface area contributed by atoms with Crippen LogP contribution in [0.15, 0.2) is 0 Å². The fourth-order valence-corrected chi connectivity index (χ4v) is 1.51. The summed E-state index contributed by atoms with van der Waals surface area (Å²) >= 11 is 0. The smallest absolute Gasteiger partial charge is 0.169 e. The van der Waals surface area contributed by atoms with E-state index in [2.05, 4.69) is 0 Å². The van der Waals surface area contributed by atoms with Crippen molar-refractivity contribution in [3.05, 3.63) is 0 Å². The normalized spacial score (nSPS) is 38.6. The van der Waals surface area contributed by atoms with Crippen LogP contribution in [-0.2, 0) is 4.79 Å². The predicted octanol–water partition coefficient (Wildman–Crippen LogP) is 1.13. The number of carbonyl (C=O) groups is 1. The second kappa shape index (κ2) is 1.82. The van der Waals surface area contributed by atoms with Gasteiger partial charge in [-0.3, -0.25) is 4.79 Å². The van der Waals surface area contributed by atoms with Crippen molar-refractivity contribution < 1.29 is 9.90 Å². The number of rotatable bonds is 0. The molecule has 0 amide bonds. The molecule has 0 saturated heterocycles. The number of hydrogen-bond donors (Lipinski definition) is 1. The number of ketones is 1. The van der Waals surface area contributed by atoms with Crippen LogP contribution in [0.3, 0.4) is 0 Å². The first kappa shape index (κ1) is 7.73. The molecule has 1 saturated carbocycles. The maximum absolute atomic E-state index is 11.3. The van der Waals surface area contributed by atoms with Crippen LogP contribution in [0.2, 0.25) is 0 Å². The first-order chi connectivity index (χ1) is 4.36. The molecule has 1 N–H and O–H groups in total. The van der Waals surface area contributed by atoms with Gasteiger partial charge in [-0.2, -0.15) is 0 Å². The van der Waals surface area contributed by atoms with E-state index in [-0.39, 0.29) is 11.2 Å². The summed E-state index contributed by atoms with van der Waals surface area (Å²) in [6.07, 6.45) is 1.41. The highest BCUT2D eigenvalue weighted by atomic mass is 16.3. The molecule has 2 nitrogen and oxygen atoms in total. The third-order valence-corrected chi connectivity index (χ3v) is 2.34. The lowest BCUT2D eigenvalue weighted by molar-refractivity contribution is -0.138. The van der Waals surface area contributed by atoms with Crippen LogP contribution < -0.4 is 0 Å². The van der Waals surface area contributed by atoms with Crippen LogP contribution in [0.4, 0.5) is 0 Å². The van der Waals surface area contributed by atoms with Crippen molar-refractivity contribution in [3.63, 3.8) is 0 Å². The van der Waals surface area contributed by atoms with Crippen molar-refractivity contribution >= 4 is 5.78 Å². The Balaban J connectivity index is 2.88. The molecule has 2 heteroatoms. The van der Waals surface area contributed by atoms with E-state index in [4.69, 9.17) is 0 Å². The summed E-state index contributed by atoms with van der Waals surface area (Å²) in [5.41, 5.74) is -1.35. The van der Waals surface area contributed by atoms with E-state index < -0.39 is 5.60 Å². The number of aliphatic hydroxyl groups is 1. The molecular formula is C8H14O2. The molecule has 0 bridgehead atoms. The number of hydrogen-bond acceptors (Lipinski definition) is 2. The average Bonchev–Trinajstić information content (AvgIpc) is 1.95. The molecule has 1 aliphatic rings. The first-order valence-corrected chi connectivity index (χ1v) is 3.63. The first-order valence-electron chi connectivity index (χ1n) is 3.63. The lowest BCUT2D eigenvalue weighted by Gasteiger charge is -2.18. The van der Waals surface area contributed by atoms with Gasteiger partial charge in [-0.15, -0.1) is 0 Å². The average molecular weight is 142 g/mol. The molecule has 1 fully saturated rings. The van der Waals surface area contributed by atoms with Crippen LogP contribution in [0.25, 0.3) is 0 Å².